The molecule has 1 aliphatic carbocycles. The van der Waals surface area contributed by atoms with E-state index in [1.54, 1.807) is 49.6 Å². The first-order chi connectivity index (χ1) is 18.2. The quantitative estimate of drug-likeness (QED) is 0.459. The van der Waals surface area contributed by atoms with E-state index in [4.69, 9.17) is 0 Å². The van der Waals surface area contributed by atoms with Crippen LogP contribution in [-0.2, 0) is 16.6 Å². The molecule has 1 saturated heterocycles. The van der Waals surface area contributed by atoms with E-state index in [0.717, 1.165) is 5.69 Å². The van der Waals surface area contributed by atoms with Crippen molar-refractivity contribution in [3.63, 3.8) is 0 Å². The van der Waals surface area contributed by atoms with Gasteiger partial charge in [0.05, 0.1) is 11.1 Å². The number of aliphatic hydroxyl groups is 2. The van der Waals surface area contributed by atoms with Crippen LogP contribution in [0.5, 0.6) is 0 Å². The van der Waals surface area contributed by atoms with Crippen LogP contribution in [0.1, 0.15) is 60.3 Å². The van der Waals surface area contributed by atoms with Gasteiger partial charge < -0.3 is 15.1 Å². The van der Waals surface area contributed by atoms with Crippen LogP contribution in [0.25, 0.3) is 0 Å². The van der Waals surface area contributed by atoms with Crippen LogP contribution >= 0.6 is 0 Å². The van der Waals surface area contributed by atoms with Crippen molar-refractivity contribution in [2.24, 2.45) is 5.41 Å². The third kappa shape index (κ3) is 4.63. The van der Waals surface area contributed by atoms with E-state index in [1.807, 2.05) is 27.0 Å². The van der Waals surface area contributed by atoms with Gasteiger partial charge in [0, 0.05) is 47.7 Å². The van der Waals surface area contributed by atoms with Crippen LogP contribution in [0.4, 0.5) is 13.2 Å². The number of halogens is 3. The maximum absolute atomic E-state index is 13.7. The normalized spacial score (nSPS) is 21.1. The average molecular weight is 536 g/mol. The maximum atomic E-state index is 13.7. The molecule has 3 aromatic rings. The fraction of sp³-hybridized carbons (Fsp3) is 0.419. The summed E-state index contributed by atoms with van der Waals surface area (Å²) in [7, 11) is 1.95. The number of hydrogen-bond donors (Lipinski definition) is 2. The average Bonchev–Trinajstić information content (AvgIpc) is 3.69. The van der Waals surface area contributed by atoms with E-state index in [9.17, 15) is 23.4 Å². The van der Waals surface area contributed by atoms with Crippen molar-refractivity contribution in [2.45, 2.75) is 56.4 Å². The standard InChI is InChI=1S/C31H32F3N3O2/c1-21-6-5-7-26(36-21)28(3,38)13-12-22-16-25(18-35-17-22)30(39,27(2)19-37(4)20-27)24-10-8-23(9-11-24)29(14-15-29)31(32,33)34/h5-11,16-18,38-39H,14-15,19-20H2,1-4H3/t28?,30-/m0/s1. The largest absolute Gasteiger partial charge is 0.398 e. The van der Waals surface area contributed by atoms with Crippen LogP contribution in [0, 0.1) is 24.2 Å². The molecule has 1 aliphatic heterocycles. The number of aryl methyl sites for hydroxylation is 1. The highest BCUT2D eigenvalue weighted by molar-refractivity contribution is 5.46. The predicted molar refractivity (Wildman–Crippen MR) is 142 cm³/mol. The molecule has 2 aromatic heterocycles. The summed E-state index contributed by atoms with van der Waals surface area (Å²) >= 11 is 0. The van der Waals surface area contributed by atoms with Gasteiger partial charge in [0.1, 0.15) is 5.60 Å². The topological polar surface area (TPSA) is 69.5 Å². The lowest BCUT2D eigenvalue weighted by Gasteiger charge is -2.55. The third-order valence-electron chi connectivity index (χ3n) is 8.25. The van der Waals surface area contributed by atoms with Crippen molar-refractivity contribution in [3.05, 3.63) is 94.6 Å². The molecule has 2 fully saturated rings. The second kappa shape index (κ2) is 9.16. The van der Waals surface area contributed by atoms with Gasteiger partial charge in [0.2, 0.25) is 0 Å². The number of alkyl halides is 3. The lowest BCUT2D eigenvalue weighted by Crippen LogP contribution is -2.63. The summed E-state index contributed by atoms with van der Waals surface area (Å²) in [5.74, 6) is 5.83. The highest BCUT2D eigenvalue weighted by atomic mass is 19.4. The Kier molecular flexibility index (Phi) is 6.41. The molecule has 1 unspecified atom stereocenters. The first-order valence-electron chi connectivity index (χ1n) is 12.9. The zero-order chi connectivity index (χ0) is 28.3. The predicted octanol–water partition coefficient (Wildman–Crippen LogP) is 4.83. The summed E-state index contributed by atoms with van der Waals surface area (Å²) in [5, 5.41) is 23.3. The van der Waals surface area contributed by atoms with Gasteiger partial charge in [0.25, 0.3) is 0 Å². The molecule has 39 heavy (non-hydrogen) atoms. The summed E-state index contributed by atoms with van der Waals surface area (Å²) in [6.45, 7) is 6.53. The first-order valence-corrected chi connectivity index (χ1v) is 12.9. The van der Waals surface area contributed by atoms with Crippen LogP contribution in [0.15, 0.2) is 60.9 Å². The van der Waals surface area contributed by atoms with Gasteiger partial charge in [-0.3, -0.25) is 9.97 Å². The molecule has 2 N–H and O–H groups in total. The minimum atomic E-state index is -4.31. The summed E-state index contributed by atoms with van der Waals surface area (Å²) < 4.78 is 41.1. The van der Waals surface area contributed by atoms with Crippen molar-refractivity contribution in [2.75, 3.05) is 20.1 Å². The Morgan fingerprint density at radius 1 is 0.974 bits per heavy atom. The van der Waals surface area contributed by atoms with Gasteiger partial charge in [-0.25, -0.2) is 0 Å². The molecule has 0 amide bonds. The summed E-state index contributed by atoms with van der Waals surface area (Å²) in [4.78, 5) is 10.8. The highest BCUT2D eigenvalue weighted by Crippen LogP contribution is 2.59. The molecule has 8 heteroatoms. The lowest BCUT2D eigenvalue weighted by atomic mass is 9.62. The van der Waals surface area contributed by atoms with E-state index in [0.29, 0.717) is 35.5 Å². The number of hydrogen-bond acceptors (Lipinski definition) is 5. The third-order valence-corrected chi connectivity index (χ3v) is 8.25. The van der Waals surface area contributed by atoms with Crippen LogP contribution in [0.3, 0.4) is 0 Å². The van der Waals surface area contributed by atoms with E-state index in [2.05, 4.69) is 26.7 Å². The van der Waals surface area contributed by atoms with Crippen molar-refractivity contribution >= 4 is 0 Å². The van der Waals surface area contributed by atoms with Crippen LogP contribution < -0.4 is 0 Å². The fourth-order valence-corrected chi connectivity index (χ4v) is 5.91. The molecule has 0 bridgehead atoms. The Morgan fingerprint density at radius 2 is 1.64 bits per heavy atom. The van der Waals surface area contributed by atoms with Crippen molar-refractivity contribution in [1.29, 1.82) is 0 Å². The molecule has 1 aromatic carbocycles. The minimum Gasteiger partial charge on any atom is -0.380 e. The molecule has 1 saturated carbocycles. The number of likely N-dealkylation sites (tertiary alicyclic amines) is 1. The second-order valence-electron chi connectivity index (χ2n) is 11.5. The van der Waals surface area contributed by atoms with Gasteiger partial charge in [-0.05, 0) is 63.1 Å². The molecule has 2 aliphatic rings. The molecular weight excluding hydrogens is 503 g/mol. The number of rotatable bonds is 5. The molecular formula is C31H32F3N3O2. The summed E-state index contributed by atoms with van der Waals surface area (Å²) in [6.07, 6.45) is -1.03. The molecule has 5 nitrogen and oxygen atoms in total. The maximum Gasteiger partial charge on any atom is 0.398 e. The van der Waals surface area contributed by atoms with Crippen LogP contribution in [0.2, 0.25) is 0 Å². The Bertz CT molecular complexity index is 1450. The summed E-state index contributed by atoms with van der Waals surface area (Å²) in [5.41, 5.74) is -2.55. The lowest BCUT2D eigenvalue weighted by molar-refractivity contribution is -0.160. The Hall–Kier alpha value is -3.25. The van der Waals surface area contributed by atoms with E-state index < -0.39 is 28.2 Å². The van der Waals surface area contributed by atoms with Gasteiger partial charge in [0.15, 0.2) is 5.60 Å². The van der Waals surface area contributed by atoms with Gasteiger partial charge in [-0.1, -0.05) is 49.1 Å². The number of benzene rings is 1. The second-order valence-corrected chi connectivity index (χ2v) is 11.5. The zero-order valence-corrected chi connectivity index (χ0v) is 22.5. The van der Waals surface area contributed by atoms with E-state index >= 15 is 0 Å². The SMILES string of the molecule is Cc1cccc(C(C)(O)C#Cc2cncc([C@@](O)(c3ccc(C4(C(F)(F)F)CC4)cc3)C3(C)CN(C)C3)c2)n1. The molecule has 3 heterocycles. The Morgan fingerprint density at radius 3 is 2.21 bits per heavy atom. The minimum absolute atomic E-state index is 0.0785. The number of aromatic nitrogens is 2. The number of nitrogens with zero attached hydrogens (tertiary/aromatic N) is 3. The Balaban J connectivity index is 1.53. The Labute approximate surface area is 226 Å². The summed E-state index contributed by atoms with van der Waals surface area (Å²) in [6, 6.07) is 13.3. The molecule has 2 atom stereocenters. The first kappa shape index (κ1) is 27.3. The smallest absolute Gasteiger partial charge is 0.380 e. The van der Waals surface area contributed by atoms with Crippen LogP contribution in [-0.4, -0.2) is 51.4 Å². The van der Waals surface area contributed by atoms with Crippen molar-refractivity contribution in [3.8, 4) is 11.8 Å². The number of pyridine rings is 2. The van der Waals surface area contributed by atoms with E-state index in [1.165, 1.54) is 12.1 Å². The van der Waals surface area contributed by atoms with Gasteiger partial charge in [-0.15, -0.1) is 0 Å². The molecule has 5 rings (SSSR count). The monoisotopic (exact) mass is 535 g/mol. The van der Waals surface area contributed by atoms with Gasteiger partial charge >= 0.3 is 6.18 Å². The fourth-order valence-electron chi connectivity index (χ4n) is 5.91. The molecule has 204 valence electrons. The highest BCUT2D eigenvalue weighted by Gasteiger charge is 2.64. The van der Waals surface area contributed by atoms with Crippen molar-refractivity contribution in [1.82, 2.24) is 14.9 Å². The molecule has 0 spiro atoms. The van der Waals surface area contributed by atoms with Gasteiger partial charge in [-0.2, -0.15) is 13.2 Å². The molecule has 0 radical (unpaired) electrons. The van der Waals surface area contributed by atoms with Crippen molar-refractivity contribution < 1.29 is 23.4 Å². The zero-order valence-electron chi connectivity index (χ0n) is 22.5. The van der Waals surface area contributed by atoms with E-state index in [-0.39, 0.29) is 18.4 Å².